The Bertz CT molecular complexity index is 586. The lowest BCUT2D eigenvalue weighted by Gasteiger charge is -2.26. The van der Waals surface area contributed by atoms with Crippen molar-refractivity contribution in [1.82, 2.24) is 16.0 Å². The molecule has 0 bridgehead atoms. The summed E-state index contributed by atoms with van der Waals surface area (Å²) in [4.78, 5) is 48.1. The summed E-state index contributed by atoms with van der Waals surface area (Å²) in [5.74, 6) is -3.88. The van der Waals surface area contributed by atoms with E-state index in [2.05, 4.69) is 28.6 Å². The average Bonchev–Trinajstić information content (AvgIpc) is 2.61. The van der Waals surface area contributed by atoms with Gasteiger partial charge < -0.3 is 37.0 Å². The van der Waals surface area contributed by atoms with Crippen molar-refractivity contribution in [3.8, 4) is 0 Å². The maximum Gasteiger partial charge on any atom is 0.326 e. The molecule has 168 valence electrons. The summed E-state index contributed by atoms with van der Waals surface area (Å²) in [7, 11) is 0. The first-order valence-corrected chi connectivity index (χ1v) is 9.81. The normalized spacial score (nSPS) is 17.4. The van der Waals surface area contributed by atoms with Gasteiger partial charge in [0.2, 0.25) is 17.7 Å². The van der Waals surface area contributed by atoms with Crippen LogP contribution in [-0.4, -0.2) is 81.1 Å². The molecular formula is C17H32N4O7S. The Morgan fingerprint density at radius 1 is 0.862 bits per heavy atom. The van der Waals surface area contributed by atoms with Gasteiger partial charge in [0, 0.05) is 5.75 Å². The molecule has 8 N–H and O–H groups in total. The van der Waals surface area contributed by atoms with Gasteiger partial charge in [-0.25, -0.2) is 4.79 Å². The summed E-state index contributed by atoms with van der Waals surface area (Å²) in [5.41, 5.74) is 5.50. The van der Waals surface area contributed by atoms with E-state index in [1.165, 1.54) is 13.8 Å². The molecule has 0 rings (SSSR count). The minimum absolute atomic E-state index is 0.00778. The Morgan fingerprint density at radius 2 is 1.38 bits per heavy atom. The van der Waals surface area contributed by atoms with E-state index >= 15 is 0 Å². The first-order valence-electron chi connectivity index (χ1n) is 9.18. The summed E-state index contributed by atoms with van der Waals surface area (Å²) >= 11 is 4.00. The molecule has 0 radical (unpaired) electrons. The summed E-state index contributed by atoms with van der Waals surface area (Å²) in [6, 6.07) is -5.12. The smallest absolute Gasteiger partial charge is 0.326 e. The number of amides is 3. The van der Waals surface area contributed by atoms with Crippen LogP contribution in [0.15, 0.2) is 0 Å². The highest BCUT2D eigenvalue weighted by atomic mass is 32.1. The number of carbonyl (C=O) groups is 4. The molecule has 3 amide bonds. The number of nitrogens with two attached hydrogens (primary N) is 1. The van der Waals surface area contributed by atoms with Crippen molar-refractivity contribution in [2.75, 3.05) is 5.75 Å². The third-order valence-electron chi connectivity index (χ3n) is 4.02. The molecule has 6 atom stereocenters. The number of carboxylic acids is 1. The van der Waals surface area contributed by atoms with E-state index in [0.29, 0.717) is 0 Å². The van der Waals surface area contributed by atoms with Crippen LogP contribution in [0.1, 0.15) is 34.1 Å². The summed E-state index contributed by atoms with van der Waals surface area (Å²) in [5, 5.41) is 35.3. The molecule has 0 heterocycles. The zero-order valence-corrected chi connectivity index (χ0v) is 17.8. The minimum Gasteiger partial charge on any atom is -0.480 e. The van der Waals surface area contributed by atoms with Crippen molar-refractivity contribution in [1.29, 1.82) is 0 Å². The van der Waals surface area contributed by atoms with Gasteiger partial charge in [0.1, 0.15) is 24.2 Å². The van der Waals surface area contributed by atoms with E-state index in [-0.39, 0.29) is 18.1 Å². The number of nitrogens with one attached hydrogen (secondary N) is 3. The van der Waals surface area contributed by atoms with Gasteiger partial charge in [-0.1, -0.05) is 13.8 Å². The van der Waals surface area contributed by atoms with Crippen molar-refractivity contribution in [3.05, 3.63) is 0 Å². The van der Waals surface area contributed by atoms with Crippen molar-refractivity contribution in [2.45, 2.75) is 70.5 Å². The number of hydrogen-bond acceptors (Lipinski definition) is 8. The summed E-state index contributed by atoms with van der Waals surface area (Å²) < 4.78 is 0. The number of aliphatic carboxylic acids is 1. The van der Waals surface area contributed by atoms with E-state index in [0.717, 1.165) is 0 Å². The van der Waals surface area contributed by atoms with Crippen LogP contribution in [0, 0.1) is 5.92 Å². The zero-order chi connectivity index (χ0) is 22.9. The predicted octanol–water partition coefficient (Wildman–Crippen LogP) is -2.41. The Morgan fingerprint density at radius 3 is 1.76 bits per heavy atom. The Labute approximate surface area is 175 Å². The number of aliphatic hydroxyl groups is 2. The van der Waals surface area contributed by atoms with Gasteiger partial charge in [0.05, 0.1) is 12.2 Å². The van der Waals surface area contributed by atoms with Crippen LogP contribution in [0.2, 0.25) is 0 Å². The molecule has 0 aromatic rings. The molecule has 0 spiro atoms. The number of rotatable bonds is 12. The van der Waals surface area contributed by atoms with E-state index in [4.69, 9.17) is 5.73 Å². The third kappa shape index (κ3) is 9.43. The lowest BCUT2D eigenvalue weighted by molar-refractivity contribution is -0.142. The molecule has 0 aliphatic carbocycles. The standard InChI is InChI=1S/C17H32N4O7S/c1-7(2)5-10(17(27)28)19-14(24)11(6-29)20-16(26)13(9(4)23)21-15(25)12(18)8(3)22/h7-13,22-23,29H,5-6,18H2,1-4H3,(H,19,24)(H,20,26)(H,21,25)(H,27,28). The number of carbonyl (C=O) groups excluding carboxylic acids is 3. The SMILES string of the molecule is CC(C)CC(NC(=O)C(CS)NC(=O)C(NC(=O)C(N)C(C)O)C(C)O)C(=O)O. The van der Waals surface area contributed by atoms with E-state index in [9.17, 15) is 34.5 Å². The Kier molecular flexibility index (Phi) is 11.8. The van der Waals surface area contributed by atoms with Crippen LogP contribution in [0.3, 0.4) is 0 Å². The molecule has 0 aromatic heterocycles. The predicted molar refractivity (Wildman–Crippen MR) is 108 cm³/mol. The van der Waals surface area contributed by atoms with Crippen LogP contribution in [0.5, 0.6) is 0 Å². The lowest BCUT2D eigenvalue weighted by Crippen LogP contribution is -2.61. The molecule has 12 heteroatoms. The quantitative estimate of drug-likeness (QED) is 0.155. The molecule has 0 saturated carbocycles. The number of hydrogen-bond donors (Lipinski definition) is 8. The van der Waals surface area contributed by atoms with Crippen LogP contribution in [-0.2, 0) is 19.2 Å². The molecule has 11 nitrogen and oxygen atoms in total. The first-order chi connectivity index (χ1) is 13.3. The molecular weight excluding hydrogens is 404 g/mol. The molecule has 0 saturated heterocycles. The number of thiol groups is 1. The lowest BCUT2D eigenvalue weighted by atomic mass is 10.0. The van der Waals surface area contributed by atoms with Gasteiger partial charge in [0.15, 0.2) is 0 Å². The second-order valence-corrected chi connectivity index (χ2v) is 7.63. The highest BCUT2D eigenvalue weighted by molar-refractivity contribution is 7.80. The second-order valence-electron chi connectivity index (χ2n) is 7.27. The fourth-order valence-electron chi connectivity index (χ4n) is 2.29. The molecule has 0 aliphatic heterocycles. The molecule has 0 aliphatic rings. The monoisotopic (exact) mass is 436 g/mol. The number of carboxylic acid groups (broad SMARTS) is 1. The van der Waals surface area contributed by atoms with E-state index in [1.54, 1.807) is 13.8 Å². The van der Waals surface area contributed by atoms with Gasteiger partial charge in [-0.05, 0) is 26.2 Å². The first kappa shape index (κ1) is 27.1. The van der Waals surface area contributed by atoms with Gasteiger partial charge in [-0.15, -0.1) is 0 Å². The van der Waals surface area contributed by atoms with Gasteiger partial charge in [0.25, 0.3) is 0 Å². The zero-order valence-electron chi connectivity index (χ0n) is 17.0. The van der Waals surface area contributed by atoms with Crippen LogP contribution in [0.25, 0.3) is 0 Å². The molecule has 0 aromatic carbocycles. The van der Waals surface area contributed by atoms with Crippen molar-refractivity contribution in [2.24, 2.45) is 11.7 Å². The van der Waals surface area contributed by atoms with Crippen LogP contribution in [0.4, 0.5) is 0 Å². The maximum absolute atomic E-state index is 12.5. The van der Waals surface area contributed by atoms with Crippen molar-refractivity contribution < 1.29 is 34.5 Å². The van der Waals surface area contributed by atoms with Crippen LogP contribution < -0.4 is 21.7 Å². The van der Waals surface area contributed by atoms with Crippen molar-refractivity contribution in [3.63, 3.8) is 0 Å². The van der Waals surface area contributed by atoms with Gasteiger partial charge >= 0.3 is 5.97 Å². The average molecular weight is 437 g/mol. The van der Waals surface area contributed by atoms with Crippen molar-refractivity contribution >= 4 is 36.3 Å². The minimum atomic E-state index is -1.45. The molecule has 29 heavy (non-hydrogen) atoms. The summed E-state index contributed by atoms with van der Waals surface area (Å²) in [6.45, 7) is 6.14. The topological polar surface area (TPSA) is 191 Å². The third-order valence-corrected chi connectivity index (χ3v) is 4.39. The largest absolute Gasteiger partial charge is 0.480 e. The highest BCUT2D eigenvalue weighted by Gasteiger charge is 2.32. The van der Waals surface area contributed by atoms with E-state index < -0.39 is 60.1 Å². The summed E-state index contributed by atoms with van der Waals surface area (Å²) in [6.07, 6.45) is -2.33. The highest BCUT2D eigenvalue weighted by Crippen LogP contribution is 2.06. The second kappa shape index (κ2) is 12.6. The van der Waals surface area contributed by atoms with Crippen LogP contribution >= 0.6 is 12.6 Å². The Balaban J connectivity index is 5.17. The van der Waals surface area contributed by atoms with Gasteiger partial charge in [-0.3, -0.25) is 14.4 Å². The fourth-order valence-corrected chi connectivity index (χ4v) is 2.55. The van der Waals surface area contributed by atoms with Gasteiger partial charge in [-0.2, -0.15) is 12.6 Å². The van der Waals surface area contributed by atoms with E-state index in [1.807, 2.05) is 0 Å². The maximum atomic E-state index is 12.5. The fraction of sp³-hybridized carbons (Fsp3) is 0.765. The Hall–Kier alpha value is -1.89. The molecule has 0 fully saturated rings. The molecule has 6 unspecified atom stereocenters. The number of aliphatic hydroxyl groups excluding tert-OH is 2.